The second-order valence-electron chi connectivity index (χ2n) is 8.54. The van der Waals surface area contributed by atoms with Crippen molar-refractivity contribution in [1.82, 2.24) is 0 Å². The first kappa shape index (κ1) is 22.1. The Labute approximate surface area is 191 Å². The highest BCUT2D eigenvalue weighted by Gasteiger charge is 2.28. The summed E-state index contributed by atoms with van der Waals surface area (Å²) in [6.07, 6.45) is 2.17. The van der Waals surface area contributed by atoms with E-state index in [0.717, 1.165) is 39.1 Å². The Kier molecular flexibility index (Phi) is 5.82. The molecule has 1 aromatic heterocycles. The van der Waals surface area contributed by atoms with Gasteiger partial charge in [0, 0.05) is 28.4 Å². The van der Waals surface area contributed by atoms with E-state index in [1.54, 1.807) is 12.1 Å². The molecular weight excluding hydrogens is 425 g/mol. The quantitative estimate of drug-likeness (QED) is 0.432. The van der Waals surface area contributed by atoms with Gasteiger partial charge in [0.1, 0.15) is 23.1 Å². The molecule has 2 aromatic carbocycles. The molecule has 0 unspecified atom stereocenters. The third-order valence-electron chi connectivity index (χ3n) is 5.56. The average Bonchev–Trinajstić information content (AvgIpc) is 3.25. The van der Waals surface area contributed by atoms with Gasteiger partial charge in [0.2, 0.25) is 0 Å². The van der Waals surface area contributed by atoms with Gasteiger partial charge in [-0.25, -0.2) is 9.18 Å². The van der Waals surface area contributed by atoms with Gasteiger partial charge in [0.05, 0.1) is 12.6 Å². The van der Waals surface area contributed by atoms with Gasteiger partial charge in [0.15, 0.2) is 0 Å². The summed E-state index contributed by atoms with van der Waals surface area (Å²) in [5.41, 5.74) is 6.36. The van der Waals surface area contributed by atoms with Crippen LogP contribution in [0, 0.1) is 12.7 Å². The maximum atomic E-state index is 13.9. The number of rotatable bonds is 5. The van der Waals surface area contributed by atoms with Crippen LogP contribution in [0.1, 0.15) is 47.1 Å². The number of carbonyl (C=O) groups excluding carboxylic acids is 1. The van der Waals surface area contributed by atoms with Crippen LogP contribution in [-0.2, 0) is 11.3 Å². The van der Waals surface area contributed by atoms with Gasteiger partial charge < -0.3 is 14.8 Å². The molecule has 0 radical (unpaired) electrons. The highest BCUT2D eigenvalue weighted by Crippen LogP contribution is 2.44. The summed E-state index contributed by atoms with van der Waals surface area (Å²) in [7, 11) is 1.53. The highest BCUT2D eigenvalue weighted by molar-refractivity contribution is 7.11. The van der Waals surface area contributed by atoms with Gasteiger partial charge in [-0.2, -0.15) is 0 Å². The van der Waals surface area contributed by atoms with Gasteiger partial charge >= 0.3 is 5.97 Å². The van der Waals surface area contributed by atoms with Crippen LogP contribution in [0.2, 0.25) is 0 Å². The number of aryl methyl sites for hydroxylation is 1. The number of nitrogens with one attached hydrogen (secondary N) is 1. The molecule has 2 heterocycles. The molecule has 1 N–H and O–H groups in total. The topological polar surface area (TPSA) is 47.6 Å². The van der Waals surface area contributed by atoms with E-state index in [1.165, 1.54) is 30.6 Å². The Morgan fingerprint density at radius 3 is 2.62 bits per heavy atom. The predicted molar refractivity (Wildman–Crippen MR) is 128 cm³/mol. The molecule has 0 spiro atoms. The van der Waals surface area contributed by atoms with Crippen molar-refractivity contribution < 1.29 is 18.7 Å². The average molecular weight is 452 g/mol. The fourth-order valence-electron chi connectivity index (χ4n) is 4.43. The van der Waals surface area contributed by atoms with Crippen molar-refractivity contribution in [2.45, 2.75) is 39.8 Å². The molecule has 1 aliphatic heterocycles. The lowest BCUT2D eigenvalue weighted by Crippen LogP contribution is -2.32. The van der Waals surface area contributed by atoms with Crippen LogP contribution < -0.4 is 10.1 Å². The normalized spacial score (nSPS) is 14.2. The largest absolute Gasteiger partial charge is 0.496 e. The number of carbonyl (C=O) groups is 1. The molecular formula is C26H26FNO3S. The Morgan fingerprint density at radius 1 is 1.16 bits per heavy atom. The molecule has 4 rings (SSSR count). The number of anilines is 1. The Morgan fingerprint density at radius 2 is 1.94 bits per heavy atom. The van der Waals surface area contributed by atoms with E-state index in [1.807, 2.05) is 18.4 Å². The summed E-state index contributed by atoms with van der Waals surface area (Å²) in [6.45, 7) is 8.38. The Balaban J connectivity index is 1.90. The summed E-state index contributed by atoms with van der Waals surface area (Å²) >= 11 is 1.35. The standard InChI is InChI=1S/C26H26FNO3S/c1-15-11-20-24(16(2)13-26(3,4)28-20)19(14-31-25(29)22-7-6-10-32-22)23(15)18-9-8-17(27)12-21(18)30-5/h6-13,28H,14H2,1-5H3. The highest BCUT2D eigenvalue weighted by atomic mass is 32.1. The zero-order chi connectivity index (χ0) is 23.0. The lowest BCUT2D eigenvalue weighted by Gasteiger charge is -2.34. The smallest absolute Gasteiger partial charge is 0.348 e. The van der Waals surface area contributed by atoms with E-state index in [2.05, 4.69) is 38.2 Å². The third kappa shape index (κ3) is 4.15. The minimum absolute atomic E-state index is 0.0872. The van der Waals surface area contributed by atoms with E-state index in [9.17, 15) is 9.18 Å². The molecule has 6 heteroatoms. The van der Waals surface area contributed by atoms with E-state index in [0.29, 0.717) is 10.6 Å². The molecule has 0 saturated heterocycles. The fourth-order valence-corrected chi connectivity index (χ4v) is 5.04. The molecule has 0 atom stereocenters. The maximum absolute atomic E-state index is 13.9. The summed E-state index contributed by atoms with van der Waals surface area (Å²) < 4.78 is 25.2. The number of thiophene rings is 1. The van der Waals surface area contributed by atoms with Crippen LogP contribution in [0.15, 0.2) is 47.9 Å². The van der Waals surface area contributed by atoms with Crippen LogP contribution in [-0.4, -0.2) is 18.6 Å². The first-order valence-corrected chi connectivity index (χ1v) is 11.3. The van der Waals surface area contributed by atoms with Crippen molar-refractivity contribution in [2.75, 3.05) is 12.4 Å². The van der Waals surface area contributed by atoms with Gasteiger partial charge in [-0.1, -0.05) is 12.1 Å². The number of hydrogen-bond donors (Lipinski definition) is 1. The predicted octanol–water partition coefficient (Wildman–Crippen LogP) is 6.84. The Bertz CT molecular complexity index is 1210. The van der Waals surface area contributed by atoms with Gasteiger partial charge in [-0.15, -0.1) is 11.3 Å². The lowest BCUT2D eigenvalue weighted by molar-refractivity contribution is 0.0479. The Hall–Kier alpha value is -3.12. The number of fused-ring (bicyclic) bond motifs is 1. The molecule has 0 saturated carbocycles. The van der Waals surface area contributed by atoms with Crippen LogP contribution in [0.4, 0.5) is 10.1 Å². The number of halogens is 1. The second kappa shape index (κ2) is 8.43. The van der Waals surface area contributed by atoms with Crippen molar-refractivity contribution in [2.24, 2.45) is 0 Å². The van der Waals surface area contributed by atoms with Gasteiger partial charge in [-0.05, 0) is 74.0 Å². The number of benzene rings is 2. The number of ether oxygens (including phenoxy) is 2. The van der Waals surface area contributed by atoms with Crippen molar-refractivity contribution in [1.29, 1.82) is 0 Å². The molecule has 4 nitrogen and oxygen atoms in total. The van der Waals surface area contributed by atoms with Crippen LogP contribution >= 0.6 is 11.3 Å². The van der Waals surface area contributed by atoms with Crippen LogP contribution in [0.5, 0.6) is 5.75 Å². The van der Waals surface area contributed by atoms with Crippen LogP contribution in [0.3, 0.4) is 0 Å². The minimum Gasteiger partial charge on any atom is -0.496 e. The third-order valence-corrected chi connectivity index (χ3v) is 6.41. The maximum Gasteiger partial charge on any atom is 0.348 e. The monoisotopic (exact) mass is 451 g/mol. The summed E-state index contributed by atoms with van der Waals surface area (Å²) in [6, 6.07) is 10.2. The van der Waals surface area contributed by atoms with E-state index >= 15 is 0 Å². The fraction of sp³-hybridized carbons (Fsp3) is 0.269. The molecule has 3 aromatic rings. The lowest BCUT2D eigenvalue weighted by atomic mass is 9.83. The van der Waals surface area contributed by atoms with Crippen LogP contribution in [0.25, 0.3) is 16.7 Å². The number of hydrogen-bond acceptors (Lipinski definition) is 5. The van der Waals surface area contributed by atoms with Crippen molar-refractivity contribution >= 4 is 28.6 Å². The molecule has 1 aliphatic rings. The summed E-state index contributed by atoms with van der Waals surface area (Å²) in [5, 5.41) is 5.42. The van der Waals surface area contributed by atoms with Crippen molar-refractivity contribution in [3.63, 3.8) is 0 Å². The molecule has 0 aliphatic carbocycles. The van der Waals surface area contributed by atoms with Crippen molar-refractivity contribution in [3.8, 4) is 16.9 Å². The van der Waals surface area contributed by atoms with Gasteiger partial charge in [-0.3, -0.25) is 0 Å². The molecule has 0 fully saturated rings. The van der Waals surface area contributed by atoms with Crippen molar-refractivity contribution in [3.05, 3.63) is 75.2 Å². The second-order valence-corrected chi connectivity index (χ2v) is 9.49. The van der Waals surface area contributed by atoms with Gasteiger partial charge in [0.25, 0.3) is 0 Å². The molecule has 0 bridgehead atoms. The molecule has 0 amide bonds. The zero-order valence-corrected chi connectivity index (χ0v) is 19.7. The first-order valence-electron chi connectivity index (χ1n) is 10.4. The molecule has 32 heavy (non-hydrogen) atoms. The number of methoxy groups -OCH3 is 1. The summed E-state index contributed by atoms with van der Waals surface area (Å²) in [4.78, 5) is 13.2. The SMILES string of the molecule is COc1cc(F)ccc1-c1c(C)cc2c(c1COC(=O)c1cccs1)C(C)=CC(C)(C)N2. The molecule has 166 valence electrons. The summed E-state index contributed by atoms with van der Waals surface area (Å²) in [5.74, 6) is -0.297. The van der Waals surface area contributed by atoms with E-state index in [-0.39, 0.29) is 23.9 Å². The number of allylic oxidation sites excluding steroid dienone is 1. The van der Waals surface area contributed by atoms with E-state index < -0.39 is 0 Å². The number of esters is 1. The first-order chi connectivity index (χ1) is 15.2. The minimum atomic E-state index is -0.369. The van der Waals surface area contributed by atoms with E-state index in [4.69, 9.17) is 9.47 Å². The zero-order valence-electron chi connectivity index (χ0n) is 18.8.